The Kier molecular flexibility index (Phi) is 4.89. The second-order valence-electron chi connectivity index (χ2n) is 5.40. The van der Waals surface area contributed by atoms with Gasteiger partial charge in [-0.2, -0.15) is 0 Å². The second-order valence-corrected chi connectivity index (χ2v) is 5.81. The summed E-state index contributed by atoms with van der Waals surface area (Å²) in [7, 11) is 0. The smallest absolute Gasteiger partial charge is 0.263 e. The van der Waals surface area contributed by atoms with Crippen molar-refractivity contribution in [2.24, 2.45) is 0 Å². The van der Waals surface area contributed by atoms with Crippen LogP contribution in [0.5, 0.6) is 5.75 Å². The number of carbonyl (C=O) groups excluding carboxylic acids is 1. The van der Waals surface area contributed by atoms with Crippen molar-refractivity contribution in [3.63, 3.8) is 0 Å². The summed E-state index contributed by atoms with van der Waals surface area (Å²) in [6.07, 6.45) is -0.535. The van der Waals surface area contributed by atoms with E-state index in [1.807, 2.05) is 17.0 Å². The molecule has 0 spiro atoms. The van der Waals surface area contributed by atoms with Crippen LogP contribution in [-0.2, 0) is 4.79 Å². The molecule has 110 valence electrons. The van der Waals surface area contributed by atoms with E-state index >= 15 is 0 Å². The van der Waals surface area contributed by atoms with Crippen LogP contribution in [0.25, 0.3) is 0 Å². The van der Waals surface area contributed by atoms with E-state index in [0.717, 1.165) is 0 Å². The van der Waals surface area contributed by atoms with Crippen LogP contribution in [-0.4, -0.2) is 42.1 Å². The third-order valence-electron chi connectivity index (χ3n) is 3.36. The first-order valence-electron chi connectivity index (χ1n) is 6.93. The number of nitrogens with one attached hydrogen (secondary N) is 1. The summed E-state index contributed by atoms with van der Waals surface area (Å²) in [4.78, 5) is 14.3. The molecule has 0 bridgehead atoms. The zero-order chi connectivity index (χ0) is 14.7. The summed E-state index contributed by atoms with van der Waals surface area (Å²) in [5.41, 5.74) is 0. The summed E-state index contributed by atoms with van der Waals surface area (Å²) in [6, 6.07) is 7.80. The minimum Gasteiger partial charge on any atom is -0.479 e. The first-order chi connectivity index (χ1) is 9.47. The predicted octanol–water partition coefficient (Wildman–Crippen LogP) is 2.32. The standard InChI is InChI=1S/C15H21ClN2O2/c1-10-8-18(9-11(2)17-10)15(19)12(3)20-14-7-5-4-6-13(14)16/h4-7,10-12,17H,8-9H2,1-3H3/t10-,11+,12-/m1/s1. The van der Waals surface area contributed by atoms with Gasteiger partial charge in [0.25, 0.3) is 5.91 Å². The lowest BCUT2D eigenvalue weighted by atomic mass is 10.1. The normalized spacial score (nSPS) is 24.3. The van der Waals surface area contributed by atoms with Gasteiger partial charge >= 0.3 is 0 Å². The van der Waals surface area contributed by atoms with E-state index in [9.17, 15) is 4.79 Å². The number of piperazine rings is 1. The minimum absolute atomic E-state index is 0.00474. The molecule has 0 aliphatic carbocycles. The third kappa shape index (κ3) is 3.64. The summed E-state index contributed by atoms with van der Waals surface area (Å²) in [5, 5.41) is 3.93. The van der Waals surface area contributed by atoms with Crippen LogP contribution in [0.3, 0.4) is 0 Å². The number of ether oxygens (including phenoxy) is 1. The van der Waals surface area contributed by atoms with Gasteiger partial charge in [-0.15, -0.1) is 0 Å². The van der Waals surface area contributed by atoms with Crippen LogP contribution in [0.2, 0.25) is 5.02 Å². The Balaban J connectivity index is 2.00. The van der Waals surface area contributed by atoms with Crippen molar-refractivity contribution in [2.75, 3.05) is 13.1 Å². The Labute approximate surface area is 125 Å². The van der Waals surface area contributed by atoms with Crippen LogP contribution in [0, 0.1) is 0 Å². The summed E-state index contributed by atoms with van der Waals surface area (Å²) >= 11 is 6.05. The third-order valence-corrected chi connectivity index (χ3v) is 3.67. The predicted molar refractivity (Wildman–Crippen MR) is 80.2 cm³/mol. The van der Waals surface area contributed by atoms with Crippen LogP contribution in [0.4, 0.5) is 0 Å². The molecule has 20 heavy (non-hydrogen) atoms. The Morgan fingerprint density at radius 3 is 2.55 bits per heavy atom. The van der Waals surface area contributed by atoms with Gasteiger partial charge < -0.3 is 15.0 Å². The first-order valence-corrected chi connectivity index (χ1v) is 7.31. The van der Waals surface area contributed by atoms with Crippen molar-refractivity contribution < 1.29 is 9.53 Å². The SMILES string of the molecule is C[C@@H]1CN(C(=O)[C@@H](C)Oc2ccccc2Cl)C[C@H](C)N1. The van der Waals surface area contributed by atoms with Gasteiger partial charge in [0, 0.05) is 25.2 Å². The van der Waals surface area contributed by atoms with Gasteiger partial charge in [-0.05, 0) is 32.9 Å². The number of amides is 1. The number of rotatable bonds is 3. The van der Waals surface area contributed by atoms with E-state index in [1.165, 1.54) is 0 Å². The van der Waals surface area contributed by atoms with Gasteiger partial charge in [0.05, 0.1) is 5.02 Å². The number of carbonyl (C=O) groups is 1. The average molecular weight is 297 g/mol. The van der Waals surface area contributed by atoms with Crippen molar-refractivity contribution in [3.8, 4) is 5.75 Å². The highest BCUT2D eigenvalue weighted by Gasteiger charge is 2.28. The number of nitrogens with zero attached hydrogens (tertiary/aromatic N) is 1. The highest BCUT2D eigenvalue weighted by atomic mass is 35.5. The average Bonchev–Trinajstić information content (AvgIpc) is 2.39. The Hall–Kier alpha value is -1.26. The Morgan fingerprint density at radius 1 is 1.35 bits per heavy atom. The topological polar surface area (TPSA) is 41.6 Å². The quantitative estimate of drug-likeness (QED) is 0.931. The fraction of sp³-hybridized carbons (Fsp3) is 0.533. The van der Waals surface area contributed by atoms with E-state index in [1.54, 1.807) is 19.1 Å². The van der Waals surface area contributed by atoms with Crippen molar-refractivity contribution in [1.29, 1.82) is 0 Å². The van der Waals surface area contributed by atoms with Gasteiger partial charge in [-0.3, -0.25) is 4.79 Å². The van der Waals surface area contributed by atoms with E-state index in [2.05, 4.69) is 19.2 Å². The largest absolute Gasteiger partial charge is 0.479 e. The molecular formula is C15H21ClN2O2. The number of hydrogen-bond acceptors (Lipinski definition) is 3. The van der Waals surface area contributed by atoms with E-state index in [0.29, 0.717) is 35.9 Å². The molecule has 1 heterocycles. The van der Waals surface area contributed by atoms with Crippen LogP contribution < -0.4 is 10.1 Å². The zero-order valence-electron chi connectivity index (χ0n) is 12.1. The maximum Gasteiger partial charge on any atom is 0.263 e. The molecular weight excluding hydrogens is 276 g/mol. The van der Waals surface area contributed by atoms with E-state index in [-0.39, 0.29) is 5.91 Å². The first kappa shape index (κ1) is 15.1. The molecule has 1 saturated heterocycles. The van der Waals surface area contributed by atoms with Crippen molar-refractivity contribution in [3.05, 3.63) is 29.3 Å². The van der Waals surface area contributed by atoms with E-state index in [4.69, 9.17) is 16.3 Å². The van der Waals surface area contributed by atoms with Crippen LogP contribution in [0.15, 0.2) is 24.3 Å². The van der Waals surface area contributed by atoms with Gasteiger partial charge in [0.15, 0.2) is 6.10 Å². The van der Waals surface area contributed by atoms with Crippen LogP contribution >= 0.6 is 11.6 Å². The molecule has 1 aliphatic heterocycles. The Morgan fingerprint density at radius 2 is 1.95 bits per heavy atom. The fourth-order valence-corrected chi connectivity index (χ4v) is 2.73. The molecule has 5 heteroatoms. The molecule has 0 radical (unpaired) electrons. The van der Waals surface area contributed by atoms with E-state index < -0.39 is 6.10 Å². The molecule has 1 aliphatic rings. The summed E-state index contributed by atoms with van der Waals surface area (Å²) in [6.45, 7) is 7.34. The zero-order valence-corrected chi connectivity index (χ0v) is 12.9. The summed E-state index contributed by atoms with van der Waals surface area (Å²) < 4.78 is 5.69. The van der Waals surface area contributed by atoms with Gasteiger partial charge in [-0.1, -0.05) is 23.7 Å². The molecule has 0 saturated carbocycles. The molecule has 0 aromatic heterocycles. The molecule has 1 fully saturated rings. The number of hydrogen-bond donors (Lipinski definition) is 1. The number of halogens is 1. The highest BCUT2D eigenvalue weighted by Crippen LogP contribution is 2.24. The monoisotopic (exact) mass is 296 g/mol. The molecule has 0 unspecified atom stereocenters. The summed E-state index contributed by atoms with van der Waals surface area (Å²) in [5.74, 6) is 0.552. The molecule has 2 rings (SSSR count). The minimum atomic E-state index is -0.535. The van der Waals surface area contributed by atoms with Crippen LogP contribution in [0.1, 0.15) is 20.8 Å². The maximum atomic E-state index is 12.4. The van der Waals surface area contributed by atoms with Crippen molar-refractivity contribution in [1.82, 2.24) is 10.2 Å². The molecule has 1 aromatic carbocycles. The Bertz CT molecular complexity index is 471. The molecule has 1 aromatic rings. The lowest BCUT2D eigenvalue weighted by Crippen LogP contribution is -2.57. The number of para-hydroxylation sites is 1. The number of benzene rings is 1. The van der Waals surface area contributed by atoms with Crippen molar-refractivity contribution in [2.45, 2.75) is 39.0 Å². The second kappa shape index (κ2) is 6.46. The lowest BCUT2D eigenvalue weighted by Gasteiger charge is -2.37. The highest BCUT2D eigenvalue weighted by molar-refractivity contribution is 6.32. The van der Waals surface area contributed by atoms with Gasteiger partial charge in [0.2, 0.25) is 0 Å². The molecule has 4 nitrogen and oxygen atoms in total. The van der Waals surface area contributed by atoms with Gasteiger partial charge in [0.1, 0.15) is 5.75 Å². The van der Waals surface area contributed by atoms with Crippen molar-refractivity contribution >= 4 is 17.5 Å². The van der Waals surface area contributed by atoms with Gasteiger partial charge in [-0.25, -0.2) is 0 Å². The fourth-order valence-electron chi connectivity index (χ4n) is 2.55. The molecule has 3 atom stereocenters. The molecule has 1 amide bonds. The lowest BCUT2D eigenvalue weighted by molar-refractivity contribution is -0.139. The maximum absolute atomic E-state index is 12.4. The molecule has 1 N–H and O–H groups in total.